The Balaban J connectivity index is 1.70. The number of amidine groups is 1. The number of carbonyl (C=O) groups is 1. The molecule has 30 heavy (non-hydrogen) atoms. The number of nitrogens with one attached hydrogen (secondary N) is 1. The minimum atomic E-state index is -3.74. The molecule has 0 spiro atoms. The zero-order chi connectivity index (χ0) is 21.7. The second-order valence-corrected chi connectivity index (χ2v) is 9.16. The molecule has 2 aliphatic heterocycles. The average molecular weight is 435 g/mol. The van der Waals surface area contributed by atoms with Gasteiger partial charge in [0.05, 0.1) is 0 Å². The molecule has 1 N–H and O–H groups in total. The van der Waals surface area contributed by atoms with E-state index in [1.165, 1.54) is 0 Å². The highest BCUT2D eigenvalue weighted by Crippen LogP contribution is 2.33. The van der Waals surface area contributed by atoms with Gasteiger partial charge in [-0.05, 0) is 32.3 Å². The first-order chi connectivity index (χ1) is 14.3. The van der Waals surface area contributed by atoms with E-state index in [1.54, 1.807) is 12.0 Å². The lowest BCUT2D eigenvalue weighted by Crippen LogP contribution is -2.43. The predicted octanol–water partition coefficient (Wildman–Crippen LogP) is 2.22. The van der Waals surface area contributed by atoms with Gasteiger partial charge in [-0.25, -0.2) is 4.79 Å². The van der Waals surface area contributed by atoms with Gasteiger partial charge >= 0.3 is 6.03 Å². The van der Waals surface area contributed by atoms with Crippen molar-refractivity contribution in [3.8, 4) is 0 Å². The fourth-order valence-electron chi connectivity index (χ4n) is 3.74. The van der Waals surface area contributed by atoms with Crippen molar-refractivity contribution in [2.24, 2.45) is 4.40 Å². The van der Waals surface area contributed by atoms with E-state index >= 15 is 0 Å². The number of hydrogen-bond donors (Lipinski definition) is 1. The first-order valence-corrected chi connectivity index (χ1v) is 11.7. The maximum Gasteiger partial charge on any atom is 0.317 e. The highest BCUT2D eigenvalue weighted by molar-refractivity contribution is 8.00. The number of benzene rings is 1. The van der Waals surface area contributed by atoms with E-state index in [9.17, 15) is 13.2 Å². The molecule has 2 heterocycles. The summed E-state index contributed by atoms with van der Waals surface area (Å²) in [6, 6.07) is 7.35. The first kappa shape index (κ1) is 22.3. The number of nitrogens with zero attached hydrogens (tertiary/aromatic N) is 3. The summed E-state index contributed by atoms with van der Waals surface area (Å²) in [4.78, 5) is 16.4. The fraction of sp³-hybridized carbons (Fsp3) is 0.524. The standard InChI is InChI=1S/C21H30N4O4S/c1-16-6-8-18(9-7-16)19-17(2)20(23-30(19,27)28)24-11-5-12-25(14-13-24)21(26)22-10-4-15-29-3/h6-9H,4-5,10-15H2,1-3H3,(H,22,26). The van der Waals surface area contributed by atoms with E-state index in [-0.39, 0.29) is 10.9 Å². The molecule has 3 rings (SSSR count). The van der Waals surface area contributed by atoms with Crippen molar-refractivity contribution in [1.29, 1.82) is 0 Å². The molecule has 1 fully saturated rings. The summed E-state index contributed by atoms with van der Waals surface area (Å²) in [5, 5.41) is 2.91. The van der Waals surface area contributed by atoms with Crippen LogP contribution in [0.5, 0.6) is 0 Å². The van der Waals surface area contributed by atoms with Crippen molar-refractivity contribution in [2.75, 3.05) is 46.4 Å². The molecule has 0 atom stereocenters. The van der Waals surface area contributed by atoms with Crippen molar-refractivity contribution in [1.82, 2.24) is 15.1 Å². The smallest absolute Gasteiger partial charge is 0.317 e. The Morgan fingerprint density at radius 2 is 1.87 bits per heavy atom. The van der Waals surface area contributed by atoms with E-state index in [0.29, 0.717) is 56.3 Å². The van der Waals surface area contributed by atoms with E-state index in [4.69, 9.17) is 4.74 Å². The molecule has 0 aliphatic carbocycles. The number of hydrogen-bond acceptors (Lipinski definition) is 5. The molecule has 0 saturated carbocycles. The van der Waals surface area contributed by atoms with E-state index in [2.05, 4.69) is 9.71 Å². The molecule has 0 aromatic heterocycles. The SMILES string of the molecule is COCCCNC(=O)N1CCCN(C2=NS(=O)(=O)C(c3ccc(C)cc3)=C2C)CC1. The Morgan fingerprint density at radius 3 is 2.57 bits per heavy atom. The van der Waals surface area contributed by atoms with E-state index in [1.807, 2.05) is 43.0 Å². The molecular weight excluding hydrogens is 404 g/mol. The van der Waals surface area contributed by atoms with Gasteiger partial charge in [0.25, 0.3) is 10.0 Å². The third-order valence-electron chi connectivity index (χ3n) is 5.34. The highest BCUT2D eigenvalue weighted by Gasteiger charge is 2.34. The number of amides is 2. The highest BCUT2D eigenvalue weighted by atomic mass is 32.2. The van der Waals surface area contributed by atoms with Gasteiger partial charge < -0.3 is 19.9 Å². The Kier molecular flexibility index (Phi) is 7.14. The van der Waals surface area contributed by atoms with Crippen molar-refractivity contribution in [3.05, 3.63) is 41.0 Å². The molecule has 1 saturated heterocycles. The van der Waals surface area contributed by atoms with Gasteiger partial charge in [0.2, 0.25) is 0 Å². The van der Waals surface area contributed by atoms with E-state index < -0.39 is 10.0 Å². The van der Waals surface area contributed by atoms with Crippen LogP contribution in [0.15, 0.2) is 34.2 Å². The van der Waals surface area contributed by atoms with Crippen molar-refractivity contribution in [3.63, 3.8) is 0 Å². The van der Waals surface area contributed by atoms with Crippen molar-refractivity contribution in [2.45, 2.75) is 26.7 Å². The Morgan fingerprint density at radius 1 is 1.13 bits per heavy atom. The summed E-state index contributed by atoms with van der Waals surface area (Å²) in [5.41, 5.74) is 2.39. The number of sulfonamides is 1. The Labute approximate surface area is 178 Å². The zero-order valence-electron chi connectivity index (χ0n) is 17.8. The van der Waals surface area contributed by atoms with Crippen molar-refractivity contribution >= 4 is 26.8 Å². The van der Waals surface area contributed by atoms with Crippen LogP contribution in [-0.4, -0.2) is 76.5 Å². The van der Waals surface area contributed by atoms with Gasteiger partial charge in [-0.1, -0.05) is 29.8 Å². The zero-order valence-corrected chi connectivity index (χ0v) is 18.7. The van der Waals surface area contributed by atoms with Crippen LogP contribution in [0.1, 0.15) is 30.9 Å². The molecule has 1 aromatic carbocycles. The number of aryl methyl sites for hydroxylation is 1. The minimum Gasteiger partial charge on any atom is -0.385 e. The van der Waals surface area contributed by atoms with Crippen LogP contribution >= 0.6 is 0 Å². The van der Waals surface area contributed by atoms with E-state index in [0.717, 1.165) is 18.4 Å². The van der Waals surface area contributed by atoms with Crippen LogP contribution < -0.4 is 5.32 Å². The number of ether oxygens (including phenoxy) is 1. The lowest BCUT2D eigenvalue weighted by Gasteiger charge is -2.24. The van der Waals surface area contributed by atoms with Gasteiger partial charge in [-0.2, -0.15) is 8.42 Å². The quantitative estimate of drug-likeness (QED) is 0.718. The van der Waals surface area contributed by atoms with Crippen LogP contribution in [0.4, 0.5) is 4.79 Å². The molecule has 8 nitrogen and oxygen atoms in total. The molecule has 0 unspecified atom stereocenters. The monoisotopic (exact) mass is 434 g/mol. The fourth-order valence-corrected chi connectivity index (χ4v) is 5.23. The predicted molar refractivity (Wildman–Crippen MR) is 118 cm³/mol. The molecule has 1 aromatic rings. The van der Waals surface area contributed by atoms with Crippen LogP contribution in [0.25, 0.3) is 4.91 Å². The summed E-state index contributed by atoms with van der Waals surface area (Å²) < 4.78 is 34.7. The van der Waals surface area contributed by atoms with Gasteiger partial charge in [-0.3, -0.25) is 0 Å². The normalized spacial score (nSPS) is 19.0. The topological polar surface area (TPSA) is 91.3 Å². The van der Waals surface area contributed by atoms with Gasteiger partial charge in [-0.15, -0.1) is 4.40 Å². The van der Waals surface area contributed by atoms with Gasteiger partial charge in [0.1, 0.15) is 10.7 Å². The number of urea groups is 1. The Hall–Kier alpha value is -2.39. The number of methoxy groups -OCH3 is 1. The molecule has 0 bridgehead atoms. The molecular formula is C21H30N4O4S. The third kappa shape index (κ3) is 5.02. The van der Waals surface area contributed by atoms with Crippen LogP contribution in [0, 0.1) is 6.92 Å². The van der Waals surface area contributed by atoms with Gasteiger partial charge in [0, 0.05) is 52.0 Å². The average Bonchev–Trinajstić information content (AvgIpc) is 2.87. The summed E-state index contributed by atoms with van der Waals surface area (Å²) in [7, 11) is -2.10. The summed E-state index contributed by atoms with van der Waals surface area (Å²) in [5.74, 6) is 0.493. The second-order valence-electron chi connectivity index (χ2n) is 7.62. The summed E-state index contributed by atoms with van der Waals surface area (Å²) in [6.45, 7) is 7.29. The van der Waals surface area contributed by atoms with Crippen LogP contribution in [0.2, 0.25) is 0 Å². The number of rotatable bonds is 5. The number of carbonyl (C=O) groups excluding carboxylic acids is 1. The van der Waals surface area contributed by atoms with Crippen LogP contribution in [-0.2, 0) is 14.8 Å². The molecule has 0 radical (unpaired) electrons. The Bertz CT molecular complexity index is 938. The largest absolute Gasteiger partial charge is 0.385 e. The minimum absolute atomic E-state index is 0.0958. The second kappa shape index (κ2) is 9.61. The maximum atomic E-state index is 12.8. The lowest BCUT2D eigenvalue weighted by atomic mass is 10.1. The van der Waals surface area contributed by atoms with Crippen molar-refractivity contribution < 1.29 is 17.9 Å². The maximum absolute atomic E-state index is 12.8. The third-order valence-corrected chi connectivity index (χ3v) is 6.81. The molecule has 164 valence electrons. The molecule has 2 aliphatic rings. The lowest BCUT2D eigenvalue weighted by molar-refractivity contribution is 0.186. The van der Waals surface area contributed by atoms with Gasteiger partial charge in [0.15, 0.2) is 0 Å². The van der Waals surface area contributed by atoms with Crippen LogP contribution in [0.3, 0.4) is 0 Å². The first-order valence-electron chi connectivity index (χ1n) is 10.2. The molecule has 2 amide bonds. The molecule has 9 heteroatoms. The summed E-state index contributed by atoms with van der Waals surface area (Å²) in [6.07, 6.45) is 1.51. The summed E-state index contributed by atoms with van der Waals surface area (Å²) >= 11 is 0.